The zero-order valence-corrected chi connectivity index (χ0v) is 17.9. The average Bonchev–Trinajstić information content (AvgIpc) is 3.40. The van der Waals surface area contributed by atoms with E-state index in [1.54, 1.807) is 17.9 Å². The second-order valence-corrected chi connectivity index (χ2v) is 7.85. The highest BCUT2D eigenvalue weighted by Crippen LogP contribution is 2.37. The predicted molar refractivity (Wildman–Crippen MR) is 112 cm³/mol. The van der Waals surface area contributed by atoms with Gasteiger partial charge in [0, 0.05) is 43.4 Å². The Morgan fingerprint density at radius 2 is 2.09 bits per heavy atom. The van der Waals surface area contributed by atoms with Crippen LogP contribution in [0.15, 0.2) is 27.6 Å². The fourth-order valence-electron chi connectivity index (χ4n) is 4.44. The number of methoxy groups -OCH3 is 1. The summed E-state index contributed by atoms with van der Waals surface area (Å²) < 4.78 is 9.95. The summed E-state index contributed by atoms with van der Waals surface area (Å²) in [6, 6.07) is 2.83. The lowest BCUT2D eigenvalue weighted by atomic mass is 9.78. The maximum atomic E-state index is 12.7. The largest absolute Gasteiger partial charge is 0.491 e. The van der Waals surface area contributed by atoms with Gasteiger partial charge in [0.1, 0.15) is 11.5 Å². The van der Waals surface area contributed by atoms with Crippen LogP contribution in [0.25, 0.3) is 0 Å². The van der Waals surface area contributed by atoms with Crippen LogP contribution in [0.4, 0.5) is 0 Å². The van der Waals surface area contributed by atoms with Gasteiger partial charge in [0.15, 0.2) is 11.4 Å². The number of ether oxygens (including phenoxy) is 1. The minimum atomic E-state index is -0.349. The number of carbonyl (C=O) groups excluding carboxylic acids is 2. The van der Waals surface area contributed by atoms with Gasteiger partial charge in [-0.2, -0.15) is 0 Å². The number of likely N-dealkylation sites (tertiary alicyclic amines) is 1. The first-order chi connectivity index (χ1) is 15.4. The molecule has 2 aromatic heterocycles. The van der Waals surface area contributed by atoms with Gasteiger partial charge < -0.3 is 29.6 Å². The van der Waals surface area contributed by atoms with E-state index in [-0.39, 0.29) is 47.1 Å². The van der Waals surface area contributed by atoms with Crippen LogP contribution in [0.3, 0.4) is 0 Å². The lowest BCUT2D eigenvalue weighted by molar-refractivity contribution is -0.122. The first-order valence-electron chi connectivity index (χ1n) is 10.3. The number of nitrogens with one attached hydrogen (secondary N) is 2. The Kier molecular flexibility index (Phi) is 7.29. The fraction of sp³-hybridized carbons (Fsp3) is 0.476. The van der Waals surface area contributed by atoms with E-state index in [4.69, 9.17) is 19.2 Å². The highest BCUT2D eigenvalue weighted by molar-refractivity contribution is 5.93. The molecule has 0 unspecified atom stereocenters. The van der Waals surface area contributed by atoms with Gasteiger partial charge in [-0.1, -0.05) is 11.6 Å². The summed E-state index contributed by atoms with van der Waals surface area (Å²) in [5.41, 5.74) is 0.165. The second kappa shape index (κ2) is 10.1. The van der Waals surface area contributed by atoms with Gasteiger partial charge in [-0.05, 0) is 25.7 Å². The summed E-state index contributed by atoms with van der Waals surface area (Å²) in [5, 5.41) is 13.8. The van der Waals surface area contributed by atoms with Gasteiger partial charge in [0.25, 0.3) is 18.3 Å². The van der Waals surface area contributed by atoms with E-state index in [0.29, 0.717) is 30.5 Å². The van der Waals surface area contributed by atoms with Gasteiger partial charge in [0.05, 0.1) is 7.11 Å². The number of carboxylic acid groups (broad SMARTS) is 1. The van der Waals surface area contributed by atoms with Crippen molar-refractivity contribution in [3.8, 4) is 5.75 Å². The van der Waals surface area contributed by atoms with E-state index in [1.165, 1.54) is 19.4 Å². The molecule has 4 rings (SSSR count). The van der Waals surface area contributed by atoms with Crippen molar-refractivity contribution >= 4 is 18.3 Å². The molecule has 3 heterocycles. The minimum Gasteiger partial charge on any atom is -0.491 e. The normalized spacial score (nSPS) is 21.7. The Balaban J connectivity index is 0.000000913. The van der Waals surface area contributed by atoms with Gasteiger partial charge in [-0.15, -0.1) is 0 Å². The molecule has 2 aromatic rings. The topological polar surface area (TPSA) is 155 Å². The molecule has 3 atom stereocenters. The number of amides is 2. The molecule has 172 valence electrons. The zero-order valence-electron chi connectivity index (χ0n) is 17.9. The number of hydrogen-bond acceptors (Lipinski definition) is 7. The Hall–Kier alpha value is -3.63. The Morgan fingerprint density at radius 3 is 2.72 bits per heavy atom. The number of rotatable bonds is 4. The molecule has 3 N–H and O–H groups in total. The Bertz CT molecular complexity index is 1030. The molecule has 1 saturated carbocycles. The molecular weight excluding hydrogens is 420 g/mol. The van der Waals surface area contributed by atoms with Crippen LogP contribution in [0, 0.1) is 18.8 Å². The first-order valence-corrected chi connectivity index (χ1v) is 10.3. The highest BCUT2D eigenvalue weighted by Gasteiger charge is 2.43. The third-order valence-electron chi connectivity index (χ3n) is 5.89. The smallest absolute Gasteiger partial charge is 0.290 e. The molecule has 2 amide bonds. The average molecular weight is 446 g/mol. The van der Waals surface area contributed by atoms with Gasteiger partial charge in [-0.25, -0.2) is 0 Å². The van der Waals surface area contributed by atoms with E-state index in [2.05, 4.69) is 15.5 Å². The molecule has 0 spiro atoms. The second-order valence-electron chi connectivity index (χ2n) is 7.85. The summed E-state index contributed by atoms with van der Waals surface area (Å²) >= 11 is 0. The number of aromatic nitrogens is 2. The van der Waals surface area contributed by atoms with Crippen LogP contribution < -0.4 is 15.5 Å². The van der Waals surface area contributed by atoms with Crippen molar-refractivity contribution < 1.29 is 28.8 Å². The van der Waals surface area contributed by atoms with Crippen molar-refractivity contribution in [2.45, 2.75) is 32.2 Å². The number of nitrogens with zero attached hydrogens (tertiary/aromatic N) is 2. The van der Waals surface area contributed by atoms with Crippen molar-refractivity contribution in [3.05, 3.63) is 45.7 Å². The van der Waals surface area contributed by atoms with E-state index >= 15 is 0 Å². The number of fused-ring (bicyclic) bond motifs is 1. The lowest BCUT2D eigenvalue weighted by Gasteiger charge is -2.33. The number of carbonyl (C=O) groups is 3. The van der Waals surface area contributed by atoms with Gasteiger partial charge in [0.2, 0.25) is 5.43 Å². The summed E-state index contributed by atoms with van der Waals surface area (Å²) in [5.74, 6) is 0.805. The summed E-state index contributed by atoms with van der Waals surface area (Å²) in [7, 11) is 1.40. The zero-order chi connectivity index (χ0) is 23.3. The summed E-state index contributed by atoms with van der Waals surface area (Å²) in [6.07, 6.45) is 4.24. The standard InChI is InChI=1S/C20H24N4O5.CH2O2/c1-11-6-16(23-29-11)20(27)24-9-12-4-3-5-14(13(12)10-24)22-19(26)15-7-17(25)18(28-2)8-21-15;2-1-3/h6-8,12-14H,3-5,9-10H2,1-2H3,(H,21,25)(H,22,26);1H,(H,2,3)/t12-,13+,14-;/m0./s1. The molecule has 11 nitrogen and oxygen atoms in total. The Morgan fingerprint density at radius 1 is 1.34 bits per heavy atom. The number of aryl methyl sites for hydroxylation is 1. The van der Waals surface area contributed by atoms with Crippen LogP contribution in [0.1, 0.15) is 46.0 Å². The first kappa shape index (κ1) is 23.0. The molecule has 1 saturated heterocycles. The van der Waals surface area contributed by atoms with Crippen LogP contribution >= 0.6 is 0 Å². The van der Waals surface area contributed by atoms with E-state index in [9.17, 15) is 14.4 Å². The quantitative estimate of drug-likeness (QED) is 0.589. The lowest BCUT2D eigenvalue weighted by Crippen LogP contribution is -2.45. The molecule has 0 bridgehead atoms. The fourth-order valence-corrected chi connectivity index (χ4v) is 4.44. The predicted octanol–water partition coefficient (Wildman–Crippen LogP) is 1.05. The highest BCUT2D eigenvalue weighted by atomic mass is 16.5. The molecule has 0 aromatic carbocycles. The van der Waals surface area contributed by atoms with Crippen LogP contribution in [-0.4, -0.2) is 64.7 Å². The van der Waals surface area contributed by atoms with E-state index < -0.39 is 0 Å². The third-order valence-corrected chi connectivity index (χ3v) is 5.89. The number of pyridine rings is 1. The maximum Gasteiger partial charge on any atom is 0.290 e. The molecule has 11 heteroatoms. The van der Waals surface area contributed by atoms with Crippen molar-refractivity contribution in [2.24, 2.45) is 11.8 Å². The molecule has 1 aliphatic heterocycles. The summed E-state index contributed by atoms with van der Waals surface area (Å²) in [4.78, 5) is 50.3. The minimum absolute atomic E-state index is 0.0521. The van der Waals surface area contributed by atoms with Crippen molar-refractivity contribution in [3.63, 3.8) is 0 Å². The summed E-state index contributed by atoms with van der Waals surface area (Å²) in [6.45, 7) is 2.73. The molecule has 2 aliphatic rings. The number of hydrogen-bond donors (Lipinski definition) is 3. The molecule has 32 heavy (non-hydrogen) atoms. The van der Waals surface area contributed by atoms with Crippen LogP contribution in [0.2, 0.25) is 0 Å². The maximum absolute atomic E-state index is 12.7. The number of aromatic amines is 1. The third kappa shape index (κ3) is 4.98. The van der Waals surface area contributed by atoms with E-state index in [1.807, 2.05) is 0 Å². The van der Waals surface area contributed by atoms with Crippen LogP contribution in [0.5, 0.6) is 5.75 Å². The van der Waals surface area contributed by atoms with Crippen molar-refractivity contribution in [1.82, 2.24) is 20.4 Å². The van der Waals surface area contributed by atoms with Gasteiger partial charge >= 0.3 is 0 Å². The molecule has 1 aliphatic carbocycles. The van der Waals surface area contributed by atoms with Crippen LogP contribution in [-0.2, 0) is 4.79 Å². The SMILES string of the molecule is COc1c[nH]c(C(=O)N[C@H]2CCC[C@H]3CN(C(=O)c4cc(C)on4)C[C@H]32)cc1=O.O=CO. The molecule has 2 fully saturated rings. The van der Waals surface area contributed by atoms with Crippen molar-refractivity contribution in [1.29, 1.82) is 0 Å². The van der Waals surface area contributed by atoms with Crippen molar-refractivity contribution in [2.75, 3.05) is 20.2 Å². The van der Waals surface area contributed by atoms with Gasteiger partial charge in [-0.3, -0.25) is 19.2 Å². The Labute approximate surface area is 183 Å². The number of H-pyrrole nitrogens is 1. The van der Waals surface area contributed by atoms with E-state index in [0.717, 1.165) is 19.3 Å². The molecule has 0 radical (unpaired) electrons. The molecular formula is C21H26N4O7. The monoisotopic (exact) mass is 446 g/mol.